The molecule has 0 N–H and O–H groups in total. The molecular formula is C14H15N3. The maximum atomic E-state index is 8.81. The smallest absolute Gasteiger partial charge is 0.124 e. The third-order valence-corrected chi connectivity index (χ3v) is 2.85. The highest BCUT2D eigenvalue weighted by Gasteiger charge is 2.09. The molecule has 0 aliphatic heterocycles. The van der Waals surface area contributed by atoms with Gasteiger partial charge in [-0.2, -0.15) is 5.26 Å². The normalized spacial score (nSPS) is 10.4. The minimum Gasteiger partial charge on any atom is -0.323 e. The highest BCUT2D eigenvalue weighted by molar-refractivity contribution is 5.77. The Bertz CT molecular complexity index is 587. The van der Waals surface area contributed by atoms with Crippen LogP contribution in [0.5, 0.6) is 0 Å². The highest BCUT2D eigenvalue weighted by Crippen LogP contribution is 2.18. The second-order valence-corrected chi connectivity index (χ2v) is 3.94. The average Bonchev–Trinajstić information content (AvgIpc) is 2.68. The van der Waals surface area contributed by atoms with Gasteiger partial charge < -0.3 is 4.57 Å². The number of aromatic nitrogens is 2. The fourth-order valence-electron chi connectivity index (χ4n) is 1.98. The molecule has 0 unspecified atom stereocenters. The number of imidazole rings is 1. The second-order valence-electron chi connectivity index (χ2n) is 3.94. The number of aryl methyl sites for hydroxylation is 1. The summed E-state index contributed by atoms with van der Waals surface area (Å²) in [4.78, 5) is 4.52. The van der Waals surface area contributed by atoms with Gasteiger partial charge in [0.05, 0.1) is 23.5 Å². The lowest BCUT2D eigenvalue weighted by atomic mass is 10.1. The first-order valence-electron chi connectivity index (χ1n) is 5.76. The third kappa shape index (κ3) is 2.07. The van der Waals surface area contributed by atoms with Gasteiger partial charge in [0, 0.05) is 6.54 Å². The van der Waals surface area contributed by atoms with Gasteiger partial charge >= 0.3 is 0 Å². The summed E-state index contributed by atoms with van der Waals surface area (Å²) in [6.45, 7) is 6.56. The van der Waals surface area contributed by atoms with E-state index in [-0.39, 0.29) is 0 Å². The molecule has 2 aromatic rings. The maximum Gasteiger partial charge on any atom is 0.124 e. The number of rotatable bonds is 4. The zero-order valence-corrected chi connectivity index (χ0v) is 9.98. The molecule has 86 valence electrons. The number of allylic oxidation sites excluding steroid dienone is 1. The van der Waals surface area contributed by atoms with Crippen molar-refractivity contribution in [3.05, 3.63) is 42.2 Å². The van der Waals surface area contributed by atoms with Crippen molar-refractivity contribution in [2.24, 2.45) is 0 Å². The molecule has 0 saturated heterocycles. The highest BCUT2D eigenvalue weighted by atomic mass is 15.1. The predicted octanol–water partition coefficient (Wildman–Crippen LogP) is 2.85. The summed E-state index contributed by atoms with van der Waals surface area (Å²) in [5.74, 6) is 0.815. The number of hydrogen-bond acceptors (Lipinski definition) is 2. The van der Waals surface area contributed by atoms with Gasteiger partial charge in [0.2, 0.25) is 0 Å². The van der Waals surface area contributed by atoms with E-state index in [1.165, 1.54) is 5.56 Å². The van der Waals surface area contributed by atoms with Gasteiger partial charge in [-0.05, 0) is 24.1 Å². The van der Waals surface area contributed by atoms with E-state index < -0.39 is 0 Å². The van der Waals surface area contributed by atoms with E-state index in [9.17, 15) is 0 Å². The molecular weight excluding hydrogens is 210 g/mol. The van der Waals surface area contributed by atoms with E-state index in [0.29, 0.717) is 13.0 Å². The number of hydrogen-bond donors (Lipinski definition) is 0. The summed E-state index contributed by atoms with van der Waals surface area (Å²) < 4.78 is 2.05. The van der Waals surface area contributed by atoms with E-state index in [4.69, 9.17) is 5.26 Å². The van der Waals surface area contributed by atoms with Crippen LogP contribution in [0.3, 0.4) is 0 Å². The number of benzene rings is 1. The molecule has 1 heterocycles. The Balaban J connectivity index is 2.61. The van der Waals surface area contributed by atoms with Crippen LogP contribution in [0, 0.1) is 11.3 Å². The summed E-state index contributed by atoms with van der Waals surface area (Å²) in [6, 6.07) is 8.43. The maximum absolute atomic E-state index is 8.81. The van der Waals surface area contributed by atoms with E-state index >= 15 is 0 Å². The monoisotopic (exact) mass is 225 g/mol. The van der Waals surface area contributed by atoms with Crippen LogP contribution in [0.15, 0.2) is 30.9 Å². The van der Waals surface area contributed by atoms with Crippen LogP contribution in [0.1, 0.15) is 18.3 Å². The number of nitriles is 1. The molecule has 0 aliphatic rings. The molecule has 0 spiro atoms. The molecule has 1 aromatic carbocycles. The average molecular weight is 225 g/mol. The molecule has 0 amide bonds. The second kappa shape index (κ2) is 4.84. The Morgan fingerprint density at radius 1 is 1.53 bits per heavy atom. The van der Waals surface area contributed by atoms with Crippen LogP contribution in [0.2, 0.25) is 0 Å². The van der Waals surface area contributed by atoms with Crippen molar-refractivity contribution >= 4 is 11.0 Å². The van der Waals surface area contributed by atoms with Crippen molar-refractivity contribution < 1.29 is 0 Å². The standard InChI is InChI=1S/C14H15N3/c1-3-9-17-13-6-5-11(4-2)10-12(13)16-14(17)7-8-15/h3,5-6,10H,1,4,7,9H2,2H3. The molecule has 2 rings (SSSR count). The minimum atomic E-state index is 0.337. The van der Waals surface area contributed by atoms with Crippen molar-refractivity contribution in [2.75, 3.05) is 0 Å². The molecule has 0 bridgehead atoms. The van der Waals surface area contributed by atoms with Gasteiger partial charge in [-0.15, -0.1) is 6.58 Å². The lowest BCUT2D eigenvalue weighted by Gasteiger charge is -2.03. The van der Waals surface area contributed by atoms with Gasteiger partial charge in [0.15, 0.2) is 0 Å². The Morgan fingerprint density at radius 2 is 2.35 bits per heavy atom. The van der Waals surface area contributed by atoms with Crippen LogP contribution >= 0.6 is 0 Å². The molecule has 3 heteroatoms. The summed E-state index contributed by atoms with van der Waals surface area (Å²) in [5.41, 5.74) is 3.31. The van der Waals surface area contributed by atoms with Gasteiger partial charge in [-0.3, -0.25) is 0 Å². The van der Waals surface area contributed by atoms with Gasteiger partial charge in [0.25, 0.3) is 0 Å². The molecule has 0 saturated carbocycles. The first-order chi connectivity index (χ1) is 8.30. The fourth-order valence-corrected chi connectivity index (χ4v) is 1.98. The van der Waals surface area contributed by atoms with Crippen LogP contribution < -0.4 is 0 Å². The van der Waals surface area contributed by atoms with E-state index in [0.717, 1.165) is 23.3 Å². The SMILES string of the molecule is C=CCn1c(CC#N)nc2cc(CC)ccc21. The van der Waals surface area contributed by atoms with E-state index in [1.54, 1.807) is 0 Å². The summed E-state index contributed by atoms with van der Waals surface area (Å²) in [7, 11) is 0. The molecule has 0 aliphatic carbocycles. The Hall–Kier alpha value is -2.08. The van der Waals surface area contributed by atoms with Crippen LogP contribution in [-0.2, 0) is 19.4 Å². The molecule has 3 nitrogen and oxygen atoms in total. The van der Waals surface area contributed by atoms with Crippen molar-refractivity contribution in [3.63, 3.8) is 0 Å². The van der Waals surface area contributed by atoms with E-state index in [2.05, 4.69) is 42.8 Å². The Labute approximate surface area is 101 Å². The van der Waals surface area contributed by atoms with Crippen LogP contribution in [0.4, 0.5) is 0 Å². The molecule has 1 aromatic heterocycles. The van der Waals surface area contributed by atoms with Crippen molar-refractivity contribution in [1.29, 1.82) is 5.26 Å². The number of fused-ring (bicyclic) bond motifs is 1. The lowest BCUT2D eigenvalue weighted by molar-refractivity contribution is 0.789. The van der Waals surface area contributed by atoms with Crippen molar-refractivity contribution in [3.8, 4) is 6.07 Å². The first kappa shape index (κ1) is 11.4. The first-order valence-corrected chi connectivity index (χ1v) is 5.76. The fraction of sp³-hybridized carbons (Fsp3) is 0.286. The van der Waals surface area contributed by atoms with Crippen molar-refractivity contribution in [2.45, 2.75) is 26.3 Å². The van der Waals surface area contributed by atoms with Crippen LogP contribution in [0.25, 0.3) is 11.0 Å². The summed E-state index contributed by atoms with van der Waals surface area (Å²) in [5, 5.41) is 8.81. The molecule has 0 atom stereocenters. The molecule has 0 fully saturated rings. The van der Waals surface area contributed by atoms with Gasteiger partial charge in [0.1, 0.15) is 5.82 Å². The quantitative estimate of drug-likeness (QED) is 0.751. The zero-order valence-electron chi connectivity index (χ0n) is 9.98. The number of nitrogens with zero attached hydrogens (tertiary/aromatic N) is 3. The summed E-state index contributed by atoms with van der Waals surface area (Å²) >= 11 is 0. The van der Waals surface area contributed by atoms with Gasteiger partial charge in [-0.25, -0.2) is 4.98 Å². The van der Waals surface area contributed by atoms with Crippen LogP contribution in [-0.4, -0.2) is 9.55 Å². The van der Waals surface area contributed by atoms with Gasteiger partial charge in [-0.1, -0.05) is 19.1 Å². The lowest BCUT2D eigenvalue weighted by Crippen LogP contribution is -2.01. The molecule has 0 radical (unpaired) electrons. The topological polar surface area (TPSA) is 41.6 Å². The van der Waals surface area contributed by atoms with E-state index in [1.807, 2.05) is 10.6 Å². The summed E-state index contributed by atoms with van der Waals surface area (Å²) in [6.07, 6.45) is 3.16. The Kier molecular flexibility index (Phi) is 3.24. The van der Waals surface area contributed by atoms with Crippen molar-refractivity contribution in [1.82, 2.24) is 9.55 Å². The molecule has 17 heavy (non-hydrogen) atoms. The largest absolute Gasteiger partial charge is 0.323 e. The predicted molar refractivity (Wildman–Crippen MR) is 68.6 cm³/mol. The third-order valence-electron chi connectivity index (χ3n) is 2.85. The Morgan fingerprint density at radius 3 is 3.00 bits per heavy atom. The minimum absolute atomic E-state index is 0.337. The zero-order chi connectivity index (χ0) is 12.3.